The number of hydrogen-bond donors (Lipinski definition) is 2. The fraction of sp³-hybridized carbons (Fsp3) is 0.895. The van der Waals surface area contributed by atoms with Gasteiger partial charge >= 0.3 is 0 Å². The SMILES string of the molecule is COC1CCC(C2CSC(NC(=O)C3CCCNC3)C2C#N)CC1OC. The van der Waals surface area contributed by atoms with Gasteiger partial charge in [-0.15, -0.1) is 11.8 Å². The first kappa shape index (κ1) is 19.9. The first-order chi connectivity index (χ1) is 12.7. The van der Waals surface area contributed by atoms with Crippen molar-refractivity contribution in [1.29, 1.82) is 5.26 Å². The van der Waals surface area contributed by atoms with Crippen LogP contribution in [0.5, 0.6) is 0 Å². The summed E-state index contributed by atoms with van der Waals surface area (Å²) in [4.78, 5) is 12.6. The number of carbonyl (C=O) groups is 1. The van der Waals surface area contributed by atoms with Gasteiger partial charge in [-0.05, 0) is 56.2 Å². The van der Waals surface area contributed by atoms with Gasteiger partial charge in [0.05, 0.1) is 35.5 Å². The largest absolute Gasteiger partial charge is 0.379 e. The van der Waals surface area contributed by atoms with E-state index in [2.05, 4.69) is 16.7 Å². The van der Waals surface area contributed by atoms with Gasteiger partial charge in [-0.3, -0.25) is 4.79 Å². The number of rotatable bonds is 5. The number of amides is 1. The molecule has 2 saturated heterocycles. The Labute approximate surface area is 160 Å². The lowest BCUT2D eigenvalue weighted by molar-refractivity contribution is -0.125. The third kappa shape index (κ3) is 4.36. The highest BCUT2D eigenvalue weighted by molar-refractivity contribution is 8.00. The number of nitrogens with one attached hydrogen (secondary N) is 2. The summed E-state index contributed by atoms with van der Waals surface area (Å²) in [5.41, 5.74) is 0. The third-order valence-electron chi connectivity index (χ3n) is 6.34. The van der Waals surface area contributed by atoms with Crippen LogP contribution < -0.4 is 10.6 Å². The molecular formula is C19H31N3O3S. The van der Waals surface area contributed by atoms with Crippen molar-refractivity contribution in [2.24, 2.45) is 23.7 Å². The van der Waals surface area contributed by atoms with Crippen LogP contribution in [0.4, 0.5) is 0 Å². The van der Waals surface area contributed by atoms with E-state index >= 15 is 0 Å². The predicted octanol–water partition coefficient (Wildman–Crippen LogP) is 1.76. The molecule has 1 aliphatic carbocycles. The van der Waals surface area contributed by atoms with E-state index in [1.54, 1.807) is 26.0 Å². The van der Waals surface area contributed by atoms with E-state index < -0.39 is 0 Å². The van der Waals surface area contributed by atoms with Gasteiger partial charge in [0.2, 0.25) is 5.91 Å². The monoisotopic (exact) mass is 381 g/mol. The van der Waals surface area contributed by atoms with Crippen molar-refractivity contribution >= 4 is 17.7 Å². The zero-order chi connectivity index (χ0) is 18.5. The number of carbonyl (C=O) groups excluding carboxylic acids is 1. The Bertz CT molecular complexity index is 521. The van der Waals surface area contributed by atoms with E-state index in [1.807, 2.05) is 0 Å². The Balaban J connectivity index is 1.58. The lowest BCUT2D eigenvalue weighted by Crippen LogP contribution is -2.46. The zero-order valence-corrected chi connectivity index (χ0v) is 16.6. The van der Waals surface area contributed by atoms with Gasteiger partial charge in [0, 0.05) is 20.8 Å². The third-order valence-corrected chi connectivity index (χ3v) is 7.69. The van der Waals surface area contributed by atoms with Crippen LogP contribution in [-0.2, 0) is 14.3 Å². The van der Waals surface area contributed by atoms with Crippen LogP contribution in [0.2, 0.25) is 0 Å². The Hall–Kier alpha value is -0.810. The summed E-state index contributed by atoms with van der Waals surface area (Å²) in [5.74, 6) is 1.73. The molecule has 0 radical (unpaired) electrons. The van der Waals surface area contributed by atoms with Gasteiger partial charge in [0.15, 0.2) is 0 Å². The summed E-state index contributed by atoms with van der Waals surface area (Å²) in [5, 5.41) is 16.2. The van der Waals surface area contributed by atoms with E-state index in [1.165, 1.54) is 0 Å². The summed E-state index contributed by atoms with van der Waals surface area (Å²) in [6, 6.07) is 2.50. The quantitative estimate of drug-likeness (QED) is 0.755. The first-order valence-corrected chi connectivity index (χ1v) is 10.8. The summed E-state index contributed by atoms with van der Waals surface area (Å²) < 4.78 is 11.2. The first-order valence-electron chi connectivity index (χ1n) is 9.75. The minimum absolute atomic E-state index is 0.0396. The average Bonchev–Trinajstić information content (AvgIpc) is 3.10. The van der Waals surface area contributed by atoms with E-state index in [4.69, 9.17) is 9.47 Å². The van der Waals surface area contributed by atoms with Crippen LogP contribution in [0.3, 0.4) is 0 Å². The molecule has 146 valence electrons. The van der Waals surface area contributed by atoms with Crippen LogP contribution in [0.1, 0.15) is 32.1 Å². The second kappa shape index (κ2) is 9.41. The number of thioether (sulfide) groups is 1. The van der Waals surface area contributed by atoms with Gasteiger partial charge in [-0.25, -0.2) is 0 Å². The fourth-order valence-corrected chi connectivity index (χ4v) is 6.32. The number of nitrogens with zero attached hydrogens (tertiary/aromatic N) is 1. The van der Waals surface area contributed by atoms with Gasteiger partial charge in [0.25, 0.3) is 0 Å². The maximum absolute atomic E-state index is 12.6. The van der Waals surface area contributed by atoms with Crippen molar-refractivity contribution in [2.45, 2.75) is 49.7 Å². The molecule has 0 aromatic heterocycles. The van der Waals surface area contributed by atoms with Crippen LogP contribution in [0, 0.1) is 35.0 Å². The van der Waals surface area contributed by atoms with E-state index in [0.29, 0.717) is 11.8 Å². The van der Waals surface area contributed by atoms with Crippen molar-refractivity contribution in [3.8, 4) is 6.07 Å². The summed E-state index contributed by atoms with van der Waals surface area (Å²) in [7, 11) is 3.48. The fourth-order valence-electron chi connectivity index (χ4n) is 4.74. The van der Waals surface area contributed by atoms with E-state index in [0.717, 1.165) is 50.9 Å². The molecule has 7 unspecified atom stereocenters. The van der Waals surface area contributed by atoms with Gasteiger partial charge in [0.1, 0.15) is 0 Å². The molecule has 26 heavy (non-hydrogen) atoms. The number of methoxy groups -OCH3 is 2. The molecule has 1 amide bonds. The van der Waals surface area contributed by atoms with Gasteiger partial charge in [-0.2, -0.15) is 5.26 Å². The second-order valence-corrected chi connectivity index (χ2v) is 8.92. The second-order valence-electron chi connectivity index (χ2n) is 7.75. The molecule has 7 atom stereocenters. The predicted molar refractivity (Wildman–Crippen MR) is 102 cm³/mol. The molecular weight excluding hydrogens is 350 g/mol. The molecule has 0 spiro atoms. The number of hydrogen-bond acceptors (Lipinski definition) is 6. The number of ether oxygens (including phenoxy) is 2. The minimum atomic E-state index is -0.123. The molecule has 2 aliphatic heterocycles. The van der Waals surface area contributed by atoms with E-state index in [-0.39, 0.29) is 35.3 Å². The molecule has 0 aromatic rings. The smallest absolute Gasteiger partial charge is 0.225 e. The lowest BCUT2D eigenvalue weighted by atomic mass is 9.73. The average molecular weight is 382 g/mol. The van der Waals surface area contributed by atoms with Crippen molar-refractivity contribution in [1.82, 2.24) is 10.6 Å². The molecule has 3 rings (SSSR count). The van der Waals surface area contributed by atoms with Crippen LogP contribution in [-0.4, -0.2) is 56.6 Å². The summed E-state index contributed by atoms with van der Waals surface area (Å²) >= 11 is 1.74. The zero-order valence-electron chi connectivity index (χ0n) is 15.8. The highest BCUT2D eigenvalue weighted by Gasteiger charge is 2.45. The van der Waals surface area contributed by atoms with E-state index in [9.17, 15) is 10.1 Å². The number of piperidine rings is 1. The molecule has 7 heteroatoms. The molecule has 1 saturated carbocycles. The minimum Gasteiger partial charge on any atom is -0.379 e. The Morgan fingerprint density at radius 1 is 1.23 bits per heavy atom. The van der Waals surface area contributed by atoms with Crippen molar-refractivity contribution in [2.75, 3.05) is 33.1 Å². The molecule has 0 aromatic carbocycles. The molecule has 2 N–H and O–H groups in total. The molecule has 0 bridgehead atoms. The Kier molecular flexibility index (Phi) is 7.21. The summed E-state index contributed by atoms with van der Waals surface area (Å²) in [6.07, 6.45) is 5.21. The van der Waals surface area contributed by atoms with Crippen molar-refractivity contribution in [3.63, 3.8) is 0 Å². The van der Waals surface area contributed by atoms with Crippen LogP contribution in [0.15, 0.2) is 0 Å². The maximum Gasteiger partial charge on any atom is 0.225 e. The highest BCUT2D eigenvalue weighted by atomic mass is 32.2. The molecule has 6 nitrogen and oxygen atoms in total. The van der Waals surface area contributed by atoms with Gasteiger partial charge < -0.3 is 20.1 Å². The normalized spacial score (nSPS) is 40.7. The lowest BCUT2D eigenvalue weighted by Gasteiger charge is -2.37. The number of nitriles is 1. The van der Waals surface area contributed by atoms with Crippen molar-refractivity contribution in [3.05, 3.63) is 0 Å². The molecule has 3 fully saturated rings. The van der Waals surface area contributed by atoms with Gasteiger partial charge in [-0.1, -0.05) is 0 Å². The molecule has 2 heterocycles. The Morgan fingerprint density at radius 3 is 2.69 bits per heavy atom. The highest BCUT2D eigenvalue weighted by Crippen LogP contribution is 2.45. The van der Waals surface area contributed by atoms with Crippen LogP contribution in [0.25, 0.3) is 0 Å². The topological polar surface area (TPSA) is 83.4 Å². The maximum atomic E-state index is 12.6. The van der Waals surface area contributed by atoms with Crippen molar-refractivity contribution < 1.29 is 14.3 Å². The van der Waals surface area contributed by atoms with Crippen LogP contribution >= 0.6 is 11.8 Å². The molecule has 3 aliphatic rings. The Morgan fingerprint density at radius 2 is 2.04 bits per heavy atom. The standard InChI is InChI=1S/C19H31N3O3S/c1-24-16-6-5-12(8-17(16)25-2)15-11-26-19(14(15)9-20)22-18(23)13-4-3-7-21-10-13/h12-17,19,21H,3-8,10-11H2,1-2H3,(H,22,23). The summed E-state index contributed by atoms with van der Waals surface area (Å²) in [6.45, 7) is 1.75.